The third-order valence-corrected chi connectivity index (χ3v) is 7.60. The number of Topliss-reactive ketones (excluding diaryl/α,β-unsaturated/α-hetero) is 1. The van der Waals surface area contributed by atoms with Crippen molar-refractivity contribution in [3.05, 3.63) is 23.5 Å². The van der Waals surface area contributed by atoms with Gasteiger partial charge in [0.2, 0.25) is 0 Å². The van der Waals surface area contributed by atoms with Gasteiger partial charge < -0.3 is 4.74 Å². The van der Waals surface area contributed by atoms with E-state index in [2.05, 4.69) is 19.1 Å². The molecule has 0 aromatic carbocycles. The monoisotopic (exact) mass is 318 g/mol. The van der Waals surface area contributed by atoms with Gasteiger partial charge >= 0.3 is 0 Å². The molecular weight excluding hydrogens is 291 g/mol. The second kappa shape index (κ2) is 4.94. The van der Waals surface area contributed by atoms with E-state index in [1.807, 2.05) is 6.92 Å². The van der Waals surface area contributed by atoms with Crippen molar-refractivity contribution in [2.75, 3.05) is 7.11 Å². The van der Waals surface area contributed by atoms with Crippen LogP contribution in [0.25, 0.3) is 0 Å². The van der Waals surface area contributed by atoms with Gasteiger partial charge in [-0.15, -0.1) is 0 Å². The normalized spacial score (nSPS) is 48.8. The summed E-state index contributed by atoms with van der Waals surface area (Å²) < 4.78 is 20.8. The summed E-state index contributed by atoms with van der Waals surface area (Å²) in [6.45, 7) is 4.27. The van der Waals surface area contributed by atoms with Gasteiger partial charge in [0.1, 0.15) is 12.0 Å². The number of hydrogen-bond acceptors (Lipinski definition) is 2. The molecule has 2 nitrogen and oxygen atoms in total. The van der Waals surface area contributed by atoms with E-state index in [0.29, 0.717) is 30.5 Å². The number of ether oxygens (including phenoxy) is 1. The minimum atomic E-state index is -0.866. The van der Waals surface area contributed by atoms with E-state index in [4.69, 9.17) is 4.74 Å². The van der Waals surface area contributed by atoms with E-state index in [1.54, 1.807) is 7.11 Å². The largest absolute Gasteiger partial charge is 0.501 e. The fourth-order valence-electron chi connectivity index (χ4n) is 6.30. The Labute approximate surface area is 138 Å². The molecule has 4 rings (SSSR count). The molecule has 0 heterocycles. The topological polar surface area (TPSA) is 26.3 Å². The van der Waals surface area contributed by atoms with E-state index < -0.39 is 11.6 Å². The van der Waals surface area contributed by atoms with Crippen LogP contribution in [0.3, 0.4) is 0 Å². The summed E-state index contributed by atoms with van der Waals surface area (Å²) in [5, 5.41) is 0. The van der Waals surface area contributed by atoms with Crippen molar-refractivity contribution in [2.24, 2.45) is 28.6 Å². The Morgan fingerprint density at radius 1 is 1.26 bits per heavy atom. The van der Waals surface area contributed by atoms with Gasteiger partial charge in [-0.1, -0.05) is 19.9 Å². The number of rotatable bonds is 1. The van der Waals surface area contributed by atoms with Crippen molar-refractivity contribution in [3.8, 4) is 0 Å². The van der Waals surface area contributed by atoms with Crippen LogP contribution in [0, 0.1) is 28.6 Å². The maximum absolute atomic E-state index is 15.3. The standard InChI is InChI=1S/C20H27FO2/c1-19-9-8-13(23-3)10-12(19)4-5-14-15-6-7-17(22)20(15,2)11-16(21)18(14)19/h4,10,14-16,18H,5-9,11H2,1-3H3/t14-,15-,16-,18+,19-,20-/m0/s1. The first-order chi connectivity index (χ1) is 10.9. The van der Waals surface area contributed by atoms with Gasteiger partial charge in [0.25, 0.3) is 0 Å². The highest BCUT2D eigenvalue weighted by molar-refractivity contribution is 5.87. The molecule has 0 spiro atoms. The van der Waals surface area contributed by atoms with E-state index in [-0.39, 0.29) is 11.3 Å². The highest BCUT2D eigenvalue weighted by Gasteiger charge is 2.61. The fraction of sp³-hybridized carbons (Fsp3) is 0.750. The molecule has 0 aliphatic heterocycles. The number of halogens is 1. The van der Waals surface area contributed by atoms with Crippen LogP contribution in [-0.4, -0.2) is 19.1 Å². The number of carbonyl (C=O) groups is 1. The third-order valence-electron chi connectivity index (χ3n) is 7.60. The molecule has 126 valence electrons. The molecule has 2 saturated carbocycles. The predicted octanol–water partition coefficient (Wildman–Crippen LogP) is 4.61. The van der Waals surface area contributed by atoms with Gasteiger partial charge in [-0.3, -0.25) is 4.79 Å². The molecule has 0 saturated heterocycles. The van der Waals surface area contributed by atoms with Gasteiger partial charge in [-0.05, 0) is 54.6 Å². The molecule has 6 atom stereocenters. The molecule has 0 bridgehead atoms. The van der Waals surface area contributed by atoms with Crippen molar-refractivity contribution in [3.63, 3.8) is 0 Å². The SMILES string of the molecule is COC1=CC2=CC[C@@H]3[C@H]([C@@H](F)C[C@]4(C)C(=O)CC[C@@H]34)[C@@]2(C)CC1. The average Bonchev–Trinajstić information content (AvgIpc) is 2.81. The second-order valence-electron chi connectivity index (χ2n) is 8.52. The molecule has 0 aromatic rings. The highest BCUT2D eigenvalue weighted by atomic mass is 19.1. The van der Waals surface area contributed by atoms with Crippen LogP contribution in [-0.2, 0) is 9.53 Å². The Kier molecular flexibility index (Phi) is 3.31. The van der Waals surface area contributed by atoms with E-state index >= 15 is 4.39 Å². The zero-order valence-corrected chi connectivity index (χ0v) is 14.4. The Hall–Kier alpha value is -1.12. The lowest BCUT2D eigenvalue weighted by atomic mass is 9.48. The first-order valence-electron chi connectivity index (χ1n) is 9.03. The van der Waals surface area contributed by atoms with Crippen molar-refractivity contribution in [1.29, 1.82) is 0 Å². The van der Waals surface area contributed by atoms with Crippen LogP contribution in [0.15, 0.2) is 23.5 Å². The molecule has 23 heavy (non-hydrogen) atoms. The zero-order chi connectivity index (χ0) is 16.4. The number of ketones is 1. The van der Waals surface area contributed by atoms with Crippen LogP contribution in [0.2, 0.25) is 0 Å². The van der Waals surface area contributed by atoms with Crippen LogP contribution in [0.4, 0.5) is 4.39 Å². The number of carbonyl (C=O) groups excluding carboxylic acids is 1. The zero-order valence-electron chi connectivity index (χ0n) is 14.4. The fourth-order valence-corrected chi connectivity index (χ4v) is 6.30. The summed E-state index contributed by atoms with van der Waals surface area (Å²) in [6.07, 6.45) is 8.38. The van der Waals surface area contributed by atoms with Gasteiger partial charge in [-0.2, -0.15) is 0 Å². The Morgan fingerprint density at radius 2 is 2.04 bits per heavy atom. The molecule has 3 heteroatoms. The lowest BCUT2D eigenvalue weighted by Crippen LogP contribution is -2.54. The molecule has 0 N–H and O–H groups in total. The number of methoxy groups -OCH3 is 1. The average molecular weight is 318 g/mol. The number of alkyl halides is 1. The van der Waals surface area contributed by atoms with Crippen molar-refractivity contribution in [2.45, 2.75) is 58.5 Å². The van der Waals surface area contributed by atoms with E-state index in [0.717, 1.165) is 31.4 Å². The van der Waals surface area contributed by atoms with E-state index in [9.17, 15) is 4.79 Å². The molecule has 0 unspecified atom stereocenters. The highest BCUT2D eigenvalue weighted by Crippen LogP contribution is 2.64. The summed E-state index contributed by atoms with van der Waals surface area (Å²) in [5.41, 5.74) is 0.749. The minimum absolute atomic E-state index is 0.0566. The van der Waals surface area contributed by atoms with Crippen LogP contribution in [0.1, 0.15) is 52.4 Å². The molecule has 0 radical (unpaired) electrons. The minimum Gasteiger partial charge on any atom is -0.501 e. The summed E-state index contributed by atoms with van der Waals surface area (Å²) in [4.78, 5) is 12.4. The first kappa shape index (κ1) is 15.4. The molecule has 0 aromatic heterocycles. The summed E-state index contributed by atoms with van der Waals surface area (Å²) in [5.74, 6) is 2.06. The number of hydrogen-bond donors (Lipinski definition) is 0. The number of fused-ring (bicyclic) bond motifs is 5. The summed E-state index contributed by atoms with van der Waals surface area (Å²) in [7, 11) is 1.72. The first-order valence-corrected chi connectivity index (χ1v) is 9.03. The third kappa shape index (κ3) is 1.94. The van der Waals surface area contributed by atoms with Gasteiger partial charge in [0.15, 0.2) is 0 Å². The quantitative estimate of drug-likeness (QED) is 0.706. The van der Waals surface area contributed by atoms with Gasteiger partial charge in [-0.25, -0.2) is 4.39 Å². The van der Waals surface area contributed by atoms with Gasteiger partial charge in [0.05, 0.1) is 12.9 Å². The summed E-state index contributed by atoms with van der Waals surface area (Å²) in [6, 6.07) is 0. The van der Waals surface area contributed by atoms with Gasteiger partial charge in [0, 0.05) is 24.2 Å². The lowest BCUT2D eigenvalue weighted by molar-refractivity contribution is -0.137. The van der Waals surface area contributed by atoms with Crippen molar-refractivity contribution >= 4 is 5.78 Å². The van der Waals surface area contributed by atoms with Crippen LogP contribution in [0.5, 0.6) is 0 Å². The van der Waals surface area contributed by atoms with Crippen LogP contribution < -0.4 is 0 Å². The van der Waals surface area contributed by atoms with Crippen LogP contribution >= 0.6 is 0 Å². The molecule has 0 amide bonds. The molecular formula is C20H27FO2. The molecule has 4 aliphatic rings. The maximum Gasteiger partial charge on any atom is 0.139 e. The Morgan fingerprint density at radius 3 is 2.78 bits per heavy atom. The van der Waals surface area contributed by atoms with Crippen molar-refractivity contribution in [1.82, 2.24) is 0 Å². The second-order valence-corrected chi connectivity index (χ2v) is 8.52. The lowest BCUT2D eigenvalue weighted by Gasteiger charge is -2.56. The Bertz CT molecular complexity index is 607. The van der Waals surface area contributed by atoms with Crippen molar-refractivity contribution < 1.29 is 13.9 Å². The molecule has 4 aliphatic carbocycles. The summed E-state index contributed by atoms with van der Waals surface area (Å²) >= 11 is 0. The number of allylic oxidation sites excluding steroid dienone is 4. The maximum atomic E-state index is 15.3. The molecule has 2 fully saturated rings. The van der Waals surface area contributed by atoms with E-state index in [1.165, 1.54) is 5.57 Å². The predicted molar refractivity (Wildman–Crippen MR) is 87.5 cm³/mol. The Balaban J connectivity index is 1.75. The smallest absolute Gasteiger partial charge is 0.139 e.